The summed E-state index contributed by atoms with van der Waals surface area (Å²) in [6.07, 6.45) is 0.798. The van der Waals surface area contributed by atoms with Crippen molar-refractivity contribution in [3.8, 4) is 0 Å². The fourth-order valence-corrected chi connectivity index (χ4v) is 2.75. The minimum Gasteiger partial charge on any atom is -0.465 e. The molecule has 0 saturated carbocycles. The van der Waals surface area contributed by atoms with Gasteiger partial charge in [-0.1, -0.05) is 0 Å². The maximum atomic E-state index is 11.7. The van der Waals surface area contributed by atoms with Crippen LogP contribution in [0.2, 0.25) is 0 Å². The SMILES string of the molecule is COC(=O)c1c(N/C(C)=C/C(C)[O])sc(C)c1C. The minimum atomic E-state index is -0.777. The molecule has 1 aromatic heterocycles. The van der Waals surface area contributed by atoms with Gasteiger partial charge in [-0.05, 0) is 39.3 Å². The van der Waals surface area contributed by atoms with Crippen molar-refractivity contribution < 1.29 is 14.6 Å². The summed E-state index contributed by atoms with van der Waals surface area (Å²) in [5.74, 6) is -0.359. The maximum Gasteiger partial charge on any atom is 0.341 e. The van der Waals surface area contributed by atoms with Crippen LogP contribution in [0.1, 0.15) is 34.6 Å². The summed E-state index contributed by atoms with van der Waals surface area (Å²) in [5.41, 5.74) is 2.20. The first-order valence-corrected chi connectivity index (χ1v) is 6.48. The van der Waals surface area contributed by atoms with Crippen LogP contribution >= 0.6 is 11.3 Å². The summed E-state index contributed by atoms with van der Waals surface area (Å²) in [7, 11) is 1.36. The molecule has 1 aromatic rings. The van der Waals surface area contributed by atoms with Gasteiger partial charge in [-0.25, -0.2) is 9.90 Å². The van der Waals surface area contributed by atoms with Crippen molar-refractivity contribution in [1.82, 2.24) is 0 Å². The first-order valence-electron chi connectivity index (χ1n) is 5.66. The largest absolute Gasteiger partial charge is 0.465 e. The average molecular weight is 268 g/mol. The predicted molar refractivity (Wildman–Crippen MR) is 72.7 cm³/mol. The Morgan fingerprint density at radius 2 is 2.06 bits per heavy atom. The predicted octanol–water partition coefficient (Wildman–Crippen LogP) is 3.29. The molecule has 0 bridgehead atoms. The second-order valence-corrected chi connectivity index (χ2v) is 5.38. The normalized spacial score (nSPS) is 13.3. The third-order valence-corrected chi connectivity index (χ3v) is 3.69. The molecule has 1 heterocycles. The number of methoxy groups -OCH3 is 1. The molecule has 18 heavy (non-hydrogen) atoms. The standard InChI is InChI=1S/C13H18NO3S/c1-7(6-8(2)15)14-12-11(13(16)17-5)9(3)10(4)18-12/h6,8,14H,1-5H3/b7-6+. The molecule has 0 aliphatic carbocycles. The van der Waals surface area contributed by atoms with Crippen molar-refractivity contribution >= 4 is 22.3 Å². The van der Waals surface area contributed by atoms with Gasteiger partial charge in [0.2, 0.25) is 0 Å². The summed E-state index contributed by atoms with van der Waals surface area (Å²) >= 11 is 1.49. The molecule has 5 heteroatoms. The van der Waals surface area contributed by atoms with E-state index in [2.05, 4.69) is 5.32 Å². The van der Waals surface area contributed by atoms with Crippen molar-refractivity contribution in [3.05, 3.63) is 27.8 Å². The van der Waals surface area contributed by atoms with E-state index in [0.717, 1.165) is 21.1 Å². The molecule has 0 aliphatic rings. The van der Waals surface area contributed by atoms with Gasteiger partial charge in [-0.3, -0.25) is 0 Å². The Labute approximate surface area is 111 Å². The van der Waals surface area contributed by atoms with Gasteiger partial charge in [-0.15, -0.1) is 11.3 Å². The number of nitrogens with one attached hydrogen (secondary N) is 1. The Morgan fingerprint density at radius 1 is 1.44 bits per heavy atom. The quantitative estimate of drug-likeness (QED) is 0.852. The molecular weight excluding hydrogens is 250 g/mol. The summed E-state index contributed by atoms with van der Waals surface area (Å²) < 4.78 is 4.78. The molecule has 1 atom stereocenters. The first kappa shape index (κ1) is 14.7. The van der Waals surface area contributed by atoms with Crippen LogP contribution in [0.25, 0.3) is 0 Å². The molecule has 4 nitrogen and oxygen atoms in total. The Bertz CT molecular complexity index is 475. The van der Waals surface area contributed by atoms with Gasteiger partial charge in [0.25, 0.3) is 0 Å². The smallest absolute Gasteiger partial charge is 0.341 e. The number of aryl methyl sites for hydroxylation is 1. The molecule has 0 aromatic carbocycles. The lowest BCUT2D eigenvalue weighted by Crippen LogP contribution is -2.07. The van der Waals surface area contributed by atoms with Crippen LogP contribution in [0.4, 0.5) is 5.00 Å². The maximum absolute atomic E-state index is 11.7. The second-order valence-electron chi connectivity index (χ2n) is 4.16. The number of ether oxygens (including phenoxy) is 1. The lowest BCUT2D eigenvalue weighted by molar-refractivity contribution is 0.0601. The number of anilines is 1. The van der Waals surface area contributed by atoms with Crippen molar-refractivity contribution in [1.29, 1.82) is 0 Å². The summed E-state index contributed by atoms with van der Waals surface area (Å²) in [6, 6.07) is 0. The highest BCUT2D eigenvalue weighted by Gasteiger charge is 2.20. The van der Waals surface area contributed by atoms with E-state index in [0.29, 0.717) is 5.56 Å². The van der Waals surface area contributed by atoms with Gasteiger partial charge >= 0.3 is 5.97 Å². The number of hydrogen-bond acceptors (Lipinski definition) is 4. The molecule has 0 saturated heterocycles. The average Bonchev–Trinajstić information content (AvgIpc) is 2.52. The minimum absolute atomic E-state index is 0.359. The number of allylic oxidation sites excluding steroid dienone is 1. The highest BCUT2D eigenvalue weighted by molar-refractivity contribution is 7.16. The van der Waals surface area contributed by atoms with E-state index < -0.39 is 6.10 Å². The van der Waals surface area contributed by atoms with E-state index in [1.54, 1.807) is 19.9 Å². The van der Waals surface area contributed by atoms with Gasteiger partial charge < -0.3 is 10.1 Å². The third-order valence-electron chi connectivity index (χ3n) is 2.57. The summed E-state index contributed by atoms with van der Waals surface area (Å²) in [5, 5.41) is 14.9. The summed E-state index contributed by atoms with van der Waals surface area (Å²) in [6.45, 7) is 7.21. The second kappa shape index (κ2) is 6.02. The lowest BCUT2D eigenvalue weighted by Gasteiger charge is -2.07. The Kier molecular flexibility index (Phi) is 4.93. The number of thiophene rings is 1. The number of esters is 1. The van der Waals surface area contributed by atoms with Crippen LogP contribution in [0.5, 0.6) is 0 Å². The number of carbonyl (C=O) groups excluding carboxylic acids is 1. The van der Waals surface area contributed by atoms with Crippen LogP contribution in [0.15, 0.2) is 11.8 Å². The highest BCUT2D eigenvalue weighted by atomic mass is 32.1. The summed E-state index contributed by atoms with van der Waals surface area (Å²) in [4.78, 5) is 12.8. The fourth-order valence-electron chi connectivity index (χ4n) is 1.64. The van der Waals surface area contributed by atoms with E-state index in [-0.39, 0.29) is 5.97 Å². The molecule has 1 N–H and O–H groups in total. The zero-order valence-corrected chi connectivity index (χ0v) is 12.1. The molecule has 1 radical (unpaired) electrons. The van der Waals surface area contributed by atoms with Crippen LogP contribution in [-0.4, -0.2) is 19.2 Å². The lowest BCUT2D eigenvalue weighted by atomic mass is 10.1. The number of rotatable bonds is 4. The van der Waals surface area contributed by atoms with Gasteiger partial charge in [0.15, 0.2) is 0 Å². The van der Waals surface area contributed by atoms with Crippen LogP contribution < -0.4 is 5.32 Å². The number of carbonyl (C=O) groups is 1. The Morgan fingerprint density at radius 3 is 2.56 bits per heavy atom. The molecule has 99 valence electrons. The van der Waals surface area contributed by atoms with Gasteiger partial charge in [0, 0.05) is 10.6 Å². The van der Waals surface area contributed by atoms with Crippen LogP contribution in [0.3, 0.4) is 0 Å². The molecule has 1 rings (SSSR count). The third kappa shape index (κ3) is 3.34. The molecule has 1 unspecified atom stereocenters. The van der Waals surface area contributed by atoms with Gasteiger partial charge in [0.05, 0.1) is 12.7 Å². The number of hydrogen-bond donors (Lipinski definition) is 1. The van der Waals surface area contributed by atoms with Crippen molar-refractivity contribution in [2.45, 2.75) is 33.8 Å². The Hall–Kier alpha value is -1.33. The van der Waals surface area contributed by atoms with Gasteiger partial charge in [-0.2, -0.15) is 0 Å². The van der Waals surface area contributed by atoms with Crippen molar-refractivity contribution in [3.63, 3.8) is 0 Å². The monoisotopic (exact) mass is 268 g/mol. The highest BCUT2D eigenvalue weighted by Crippen LogP contribution is 2.33. The molecular formula is C13H18NO3S. The fraction of sp³-hybridized carbons (Fsp3) is 0.462. The first-order chi connectivity index (χ1) is 8.36. The van der Waals surface area contributed by atoms with Crippen LogP contribution in [-0.2, 0) is 9.84 Å². The molecule has 0 aliphatic heterocycles. The van der Waals surface area contributed by atoms with E-state index in [1.807, 2.05) is 13.8 Å². The van der Waals surface area contributed by atoms with E-state index in [4.69, 9.17) is 4.74 Å². The van der Waals surface area contributed by atoms with E-state index >= 15 is 0 Å². The van der Waals surface area contributed by atoms with Crippen molar-refractivity contribution in [2.75, 3.05) is 12.4 Å². The van der Waals surface area contributed by atoms with E-state index in [1.165, 1.54) is 18.4 Å². The van der Waals surface area contributed by atoms with Crippen molar-refractivity contribution in [2.24, 2.45) is 0 Å². The molecule has 0 amide bonds. The molecule has 0 fully saturated rings. The zero-order chi connectivity index (χ0) is 13.9. The zero-order valence-electron chi connectivity index (χ0n) is 11.3. The van der Waals surface area contributed by atoms with Gasteiger partial charge in [0.1, 0.15) is 11.1 Å². The van der Waals surface area contributed by atoms with Crippen LogP contribution in [0, 0.1) is 13.8 Å². The topological polar surface area (TPSA) is 58.2 Å². The molecule has 0 spiro atoms. The Balaban J connectivity index is 3.10. The van der Waals surface area contributed by atoms with E-state index in [9.17, 15) is 9.90 Å².